The standard InChI is InChI=1S/C18H19F2N/c1-11-7-18(20)16(10-17(11)19)12(2)21-15-8-13-5-3-4-6-14(13)9-15/h3-7,10,12,15,21H,8-9H2,1-2H3. The van der Waals surface area contributed by atoms with Gasteiger partial charge in [0.25, 0.3) is 0 Å². The second-order valence-corrected chi connectivity index (χ2v) is 5.89. The lowest BCUT2D eigenvalue weighted by Gasteiger charge is -2.20. The molecule has 1 nitrogen and oxygen atoms in total. The summed E-state index contributed by atoms with van der Waals surface area (Å²) < 4.78 is 27.7. The van der Waals surface area contributed by atoms with Crippen LogP contribution in [0.15, 0.2) is 36.4 Å². The van der Waals surface area contributed by atoms with Gasteiger partial charge in [0.05, 0.1) is 0 Å². The molecule has 2 aromatic carbocycles. The predicted molar refractivity (Wildman–Crippen MR) is 80.3 cm³/mol. The van der Waals surface area contributed by atoms with Crippen molar-refractivity contribution in [3.05, 3.63) is 70.3 Å². The van der Waals surface area contributed by atoms with Gasteiger partial charge in [-0.15, -0.1) is 0 Å². The number of hydrogen-bond acceptors (Lipinski definition) is 1. The number of hydrogen-bond donors (Lipinski definition) is 1. The van der Waals surface area contributed by atoms with E-state index in [9.17, 15) is 8.78 Å². The van der Waals surface area contributed by atoms with Crippen molar-refractivity contribution in [2.75, 3.05) is 0 Å². The van der Waals surface area contributed by atoms with Crippen LogP contribution in [0.1, 0.15) is 35.2 Å². The molecule has 0 fully saturated rings. The number of fused-ring (bicyclic) bond motifs is 1. The van der Waals surface area contributed by atoms with Gasteiger partial charge in [0.15, 0.2) is 0 Å². The average Bonchev–Trinajstić information content (AvgIpc) is 2.84. The molecule has 0 radical (unpaired) electrons. The molecule has 110 valence electrons. The van der Waals surface area contributed by atoms with E-state index >= 15 is 0 Å². The van der Waals surface area contributed by atoms with Gasteiger partial charge in [-0.2, -0.15) is 0 Å². The van der Waals surface area contributed by atoms with Crippen molar-refractivity contribution in [2.24, 2.45) is 0 Å². The van der Waals surface area contributed by atoms with Crippen LogP contribution in [0.2, 0.25) is 0 Å². The van der Waals surface area contributed by atoms with Crippen LogP contribution in [0.5, 0.6) is 0 Å². The Morgan fingerprint density at radius 3 is 2.29 bits per heavy atom. The molecule has 0 saturated heterocycles. The Labute approximate surface area is 124 Å². The summed E-state index contributed by atoms with van der Waals surface area (Å²) in [5, 5.41) is 3.42. The summed E-state index contributed by atoms with van der Waals surface area (Å²) in [6.45, 7) is 3.46. The number of aryl methyl sites for hydroxylation is 1. The van der Waals surface area contributed by atoms with E-state index in [1.165, 1.54) is 23.3 Å². The van der Waals surface area contributed by atoms with Crippen LogP contribution in [0, 0.1) is 18.6 Å². The number of halogens is 2. The zero-order valence-electron chi connectivity index (χ0n) is 12.3. The fraction of sp³-hybridized carbons (Fsp3) is 0.333. The van der Waals surface area contributed by atoms with Crippen molar-refractivity contribution < 1.29 is 8.78 Å². The summed E-state index contributed by atoms with van der Waals surface area (Å²) in [6, 6.07) is 11.0. The van der Waals surface area contributed by atoms with E-state index in [0.29, 0.717) is 11.1 Å². The van der Waals surface area contributed by atoms with Gasteiger partial charge in [-0.3, -0.25) is 0 Å². The molecule has 0 heterocycles. The predicted octanol–water partition coefficient (Wildman–Crippen LogP) is 4.09. The van der Waals surface area contributed by atoms with E-state index in [-0.39, 0.29) is 23.7 Å². The minimum Gasteiger partial charge on any atom is -0.307 e. The Morgan fingerprint density at radius 1 is 1.05 bits per heavy atom. The van der Waals surface area contributed by atoms with Gasteiger partial charge in [0, 0.05) is 17.6 Å². The third kappa shape index (κ3) is 2.84. The monoisotopic (exact) mass is 287 g/mol. The van der Waals surface area contributed by atoms with E-state index in [1.807, 2.05) is 19.1 Å². The summed E-state index contributed by atoms with van der Waals surface area (Å²) in [4.78, 5) is 0. The van der Waals surface area contributed by atoms with E-state index in [2.05, 4.69) is 17.4 Å². The Hall–Kier alpha value is -1.74. The zero-order valence-corrected chi connectivity index (χ0v) is 12.3. The minimum atomic E-state index is -0.352. The summed E-state index contributed by atoms with van der Waals surface area (Å²) in [7, 11) is 0. The van der Waals surface area contributed by atoms with E-state index in [1.54, 1.807) is 6.92 Å². The Balaban J connectivity index is 1.74. The van der Waals surface area contributed by atoms with Crippen LogP contribution in [-0.2, 0) is 12.8 Å². The smallest absolute Gasteiger partial charge is 0.128 e. The first kappa shape index (κ1) is 14.2. The number of rotatable bonds is 3. The Kier molecular flexibility index (Phi) is 3.77. The first-order valence-corrected chi connectivity index (χ1v) is 7.33. The number of nitrogens with one attached hydrogen (secondary N) is 1. The summed E-state index contributed by atoms with van der Waals surface area (Å²) in [5.74, 6) is -0.695. The maximum Gasteiger partial charge on any atom is 0.128 e. The van der Waals surface area contributed by atoms with Gasteiger partial charge in [0.2, 0.25) is 0 Å². The molecule has 3 heteroatoms. The highest BCUT2D eigenvalue weighted by Gasteiger charge is 2.23. The molecule has 0 spiro atoms. The van der Waals surface area contributed by atoms with Gasteiger partial charge in [-0.05, 0) is 55.5 Å². The molecule has 2 aromatic rings. The molecule has 1 aliphatic rings. The first-order valence-electron chi connectivity index (χ1n) is 7.33. The highest BCUT2D eigenvalue weighted by atomic mass is 19.1. The van der Waals surface area contributed by atoms with Crippen LogP contribution in [0.25, 0.3) is 0 Å². The summed E-state index contributed by atoms with van der Waals surface area (Å²) in [5.41, 5.74) is 3.43. The maximum absolute atomic E-state index is 14.0. The fourth-order valence-corrected chi connectivity index (χ4v) is 3.11. The lowest BCUT2D eigenvalue weighted by molar-refractivity contribution is 0.449. The lowest BCUT2D eigenvalue weighted by Crippen LogP contribution is -2.32. The van der Waals surface area contributed by atoms with Gasteiger partial charge in [0.1, 0.15) is 11.6 Å². The average molecular weight is 287 g/mol. The molecule has 21 heavy (non-hydrogen) atoms. The topological polar surface area (TPSA) is 12.0 Å². The third-order valence-corrected chi connectivity index (χ3v) is 4.28. The first-order chi connectivity index (χ1) is 10.0. The highest BCUT2D eigenvalue weighted by molar-refractivity contribution is 5.34. The maximum atomic E-state index is 14.0. The molecule has 1 aliphatic carbocycles. The molecule has 0 bridgehead atoms. The number of benzene rings is 2. The third-order valence-electron chi connectivity index (χ3n) is 4.28. The van der Waals surface area contributed by atoms with Gasteiger partial charge < -0.3 is 5.32 Å². The largest absolute Gasteiger partial charge is 0.307 e. The molecule has 0 aliphatic heterocycles. The van der Waals surface area contributed by atoms with Gasteiger partial charge in [-0.25, -0.2) is 8.78 Å². The highest BCUT2D eigenvalue weighted by Crippen LogP contribution is 2.26. The fourth-order valence-electron chi connectivity index (χ4n) is 3.11. The molecule has 1 N–H and O–H groups in total. The van der Waals surface area contributed by atoms with E-state index < -0.39 is 0 Å². The zero-order chi connectivity index (χ0) is 15.0. The molecule has 0 aromatic heterocycles. The lowest BCUT2D eigenvalue weighted by atomic mass is 10.0. The Bertz CT molecular complexity index is 641. The van der Waals surface area contributed by atoms with Crippen molar-refractivity contribution in [3.8, 4) is 0 Å². The van der Waals surface area contributed by atoms with Crippen molar-refractivity contribution >= 4 is 0 Å². The molecule has 1 atom stereocenters. The van der Waals surface area contributed by atoms with Crippen LogP contribution in [0.3, 0.4) is 0 Å². The minimum absolute atomic E-state index is 0.209. The van der Waals surface area contributed by atoms with Crippen molar-refractivity contribution in [2.45, 2.75) is 38.8 Å². The quantitative estimate of drug-likeness (QED) is 0.896. The summed E-state index contributed by atoms with van der Waals surface area (Å²) in [6.07, 6.45) is 1.88. The van der Waals surface area contributed by atoms with Crippen LogP contribution >= 0.6 is 0 Å². The second-order valence-electron chi connectivity index (χ2n) is 5.89. The van der Waals surface area contributed by atoms with Crippen molar-refractivity contribution in [1.29, 1.82) is 0 Å². The molecule has 0 saturated carbocycles. The van der Waals surface area contributed by atoms with Crippen LogP contribution < -0.4 is 5.32 Å². The van der Waals surface area contributed by atoms with E-state index in [0.717, 1.165) is 12.8 Å². The molecular formula is C18H19F2N. The SMILES string of the molecule is Cc1cc(F)c(C(C)NC2Cc3ccccc3C2)cc1F. The van der Waals surface area contributed by atoms with Crippen molar-refractivity contribution in [1.82, 2.24) is 5.32 Å². The molecule has 1 unspecified atom stereocenters. The second kappa shape index (κ2) is 5.57. The normalized spacial score (nSPS) is 16.0. The van der Waals surface area contributed by atoms with Gasteiger partial charge >= 0.3 is 0 Å². The molecule has 0 amide bonds. The molecular weight excluding hydrogens is 268 g/mol. The van der Waals surface area contributed by atoms with Crippen LogP contribution in [0.4, 0.5) is 8.78 Å². The summed E-state index contributed by atoms with van der Waals surface area (Å²) >= 11 is 0. The van der Waals surface area contributed by atoms with E-state index in [4.69, 9.17) is 0 Å². The Morgan fingerprint density at radius 2 is 1.67 bits per heavy atom. The van der Waals surface area contributed by atoms with Gasteiger partial charge in [-0.1, -0.05) is 24.3 Å². The van der Waals surface area contributed by atoms with Crippen LogP contribution in [-0.4, -0.2) is 6.04 Å². The van der Waals surface area contributed by atoms with Crippen molar-refractivity contribution in [3.63, 3.8) is 0 Å². The molecule has 3 rings (SSSR count).